The molecule has 117 heavy (non-hydrogen) atoms. The molecular weight excluding hydrogens is 1570 g/mol. The van der Waals surface area contributed by atoms with Crippen LogP contribution in [0.15, 0.2) is 11.6 Å². The van der Waals surface area contributed by atoms with E-state index in [1.807, 2.05) is 0 Å². The Bertz CT molecular complexity index is 3340. The number of aliphatic hydroxyl groups excluding tert-OH is 24. The second-order valence-electron chi connectivity index (χ2n) is 36.7. The number of fused-ring (bicyclic) bond motifs is 7. The molecule has 41 nitrogen and oxygen atoms in total. The largest absolute Gasteiger partial charge is 0.432 e. The molecule has 47 atom stereocenters. The third-order valence-electron chi connectivity index (χ3n) is 29.1. The molecule has 5 aliphatic carbocycles. The van der Waals surface area contributed by atoms with Crippen molar-refractivity contribution in [2.75, 3.05) is 46.2 Å². The maximum Gasteiger partial charge on any atom is 0.317 e. The van der Waals surface area contributed by atoms with Crippen LogP contribution in [0, 0.1) is 50.2 Å². The average Bonchev–Trinajstić information content (AvgIpc) is 0.669. The molecule has 0 amide bonds. The number of carbonyl (C=O) groups is 1. The van der Waals surface area contributed by atoms with Crippen LogP contribution in [0.25, 0.3) is 0 Å². The Morgan fingerprint density at radius 1 is 0.410 bits per heavy atom. The van der Waals surface area contributed by atoms with E-state index in [0.29, 0.717) is 44.9 Å². The lowest BCUT2D eigenvalue weighted by Gasteiger charge is -2.71. The summed E-state index contributed by atoms with van der Waals surface area (Å²) in [5, 5.41) is 265. The monoisotopic (exact) mass is 1690 g/mol. The molecule has 0 spiro atoms. The molecule has 4 saturated carbocycles. The zero-order valence-electron chi connectivity index (χ0n) is 66.4. The smallest absolute Gasteiger partial charge is 0.317 e. The van der Waals surface area contributed by atoms with E-state index in [9.17, 15) is 123 Å². The molecule has 12 fully saturated rings. The summed E-state index contributed by atoms with van der Waals surface area (Å²) >= 11 is 0. The third-order valence-corrected chi connectivity index (χ3v) is 29.1. The van der Waals surface area contributed by atoms with Gasteiger partial charge in [-0.25, -0.2) is 0 Å². The van der Waals surface area contributed by atoms with Gasteiger partial charge >= 0.3 is 5.97 Å². The van der Waals surface area contributed by atoms with Gasteiger partial charge in [0.2, 0.25) is 6.29 Å². The highest BCUT2D eigenvalue weighted by Gasteiger charge is 2.73. The van der Waals surface area contributed by atoms with Crippen molar-refractivity contribution in [2.24, 2.45) is 50.2 Å². The molecular formula is C76H124O41. The molecule has 0 unspecified atom stereocenters. The number of hydrogen-bond acceptors (Lipinski definition) is 41. The summed E-state index contributed by atoms with van der Waals surface area (Å²) in [7, 11) is 0. The number of rotatable bonds is 21. The number of hydrogen-bond donors (Lipinski definition) is 24. The van der Waals surface area contributed by atoms with Crippen LogP contribution >= 0.6 is 0 Å². The van der Waals surface area contributed by atoms with E-state index in [2.05, 4.69) is 54.5 Å². The van der Waals surface area contributed by atoms with Gasteiger partial charge < -0.3 is 198 Å². The molecule has 0 aromatic heterocycles. The fraction of sp³-hybridized carbons (Fsp3) is 0.961. The van der Waals surface area contributed by atoms with Crippen molar-refractivity contribution >= 4 is 5.97 Å². The first-order valence-corrected chi connectivity index (χ1v) is 40.7. The van der Waals surface area contributed by atoms with Crippen LogP contribution in [0.5, 0.6) is 0 Å². The van der Waals surface area contributed by atoms with Gasteiger partial charge in [-0.3, -0.25) is 4.79 Å². The summed E-state index contributed by atoms with van der Waals surface area (Å²) in [6.07, 6.45) is -64.6. The van der Waals surface area contributed by atoms with E-state index in [-0.39, 0.29) is 30.1 Å². The highest BCUT2D eigenvalue weighted by molar-refractivity contribution is 5.80. The summed E-state index contributed by atoms with van der Waals surface area (Å²) < 4.78 is 95.5. The lowest BCUT2D eigenvalue weighted by molar-refractivity contribution is -0.398. The lowest BCUT2D eigenvalue weighted by Crippen LogP contribution is -2.68. The third kappa shape index (κ3) is 16.4. The zero-order chi connectivity index (χ0) is 85.3. The van der Waals surface area contributed by atoms with Crippen LogP contribution in [0.3, 0.4) is 0 Å². The van der Waals surface area contributed by atoms with Gasteiger partial charge in [-0.15, -0.1) is 0 Å². The first kappa shape index (κ1) is 92.3. The van der Waals surface area contributed by atoms with Gasteiger partial charge in [0.1, 0.15) is 182 Å². The van der Waals surface area contributed by atoms with Crippen LogP contribution in [0.2, 0.25) is 0 Å². The van der Waals surface area contributed by atoms with Gasteiger partial charge in [-0.2, -0.15) is 0 Å². The number of carbonyl (C=O) groups excluding carboxylic acids is 1. The summed E-state index contributed by atoms with van der Waals surface area (Å²) in [4.78, 5) is 15.5. The van der Waals surface area contributed by atoms with E-state index in [1.54, 1.807) is 0 Å². The van der Waals surface area contributed by atoms with E-state index >= 15 is 4.79 Å². The standard InChI is InChI=1S/C76H124O41/c1-26-40(84)45(89)51(95)64(105-26)113-58-33(21-79)108-62(54(98)48(58)92)104-25-35-43(87)47(91)53(97)67(110-35)117-70(101)76-16-15-71(2,3)17-28(76)27-9-10-37-73(6)13-12-39(72(4,5)36(73)11-14-74(37,7)75(27,8)18-38(76)83)111-69-61(116-65-52(96)46(90)42(86)31(19-77)106-65)57(30(82)24-103-69)112-66-55(99)49(93)59(34(22-80)109-66)114-68-56(100)60(44(88)32(20-78)107-68)115-63-50(94)41(85)29(81)23-102-63/h9,26,28-69,77-100H,10-25H2,1-8H3/t26-,28-,29+,30-,31+,32+,33+,34+,35+,36-,37+,38+,39-,40-,41-,42+,43+,44-,45+,46-,47-,48+,49+,50+,51+,52+,53+,54+,55+,56+,57-,58+,59+,60-,61+,62+,63-,64-,65-,66-,67-,68-,69-,73-,74+,75+,76+/m0/s1. The zero-order valence-corrected chi connectivity index (χ0v) is 66.4. The number of allylic oxidation sites excluding steroid dienone is 2. The maximum atomic E-state index is 15.5. The number of ether oxygens (including phenoxy) is 16. The van der Waals surface area contributed by atoms with Crippen molar-refractivity contribution in [2.45, 2.75) is 359 Å². The lowest BCUT2D eigenvalue weighted by atomic mass is 9.33. The molecule has 8 aliphatic heterocycles. The molecule has 13 rings (SSSR count). The van der Waals surface area contributed by atoms with Crippen LogP contribution in [-0.4, -0.2) is 420 Å². The van der Waals surface area contributed by atoms with E-state index in [1.165, 1.54) is 6.92 Å². The Hall–Kier alpha value is -2.35. The summed E-state index contributed by atoms with van der Waals surface area (Å²) in [5.74, 6) is -1.76. The quantitative estimate of drug-likeness (QED) is 0.0288. The van der Waals surface area contributed by atoms with E-state index < -0.39 is 331 Å². The molecule has 24 N–H and O–H groups in total. The van der Waals surface area contributed by atoms with E-state index in [0.717, 1.165) is 5.57 Å². The Morgan fingerprint density at radius 2 is 0.889 bits per heavy atom. The van der Waals surface area contributed by atoms with Crippen molar-refractivity contribution in [3.05, 3.63) is 11.6 Å². The van der Waals surface area contributed by atoms with Gasteiger partial charge in [0, 0.05) is 0 Å². The first-order valence-electron chi connectivity index (χ1n) is 40.7. The van der Waals surface area contributed by atoms with Gasteiger partial charge in [-0.05, 0) is 110 Å². The second-order valence-corrected chi connectivity index (χ2v) is 36.7. The predicted octanol–water partition coefficient (Wildman–Crippen LogP) is -9.46. The molecule has 0 aromatic carbocycles. The van der Waals surface area contributed by atoms with Crippen LogP contribution in [0.4, 0.5) is 0 Å². The van der Waals surface area contributed by atoms with Gasteiger partial charge in [0.15, 0.2) is 44.0 Å². The van der Waals surface area contributed by atoms with Crippen molar-refractivity contribution in [1.29, 1.82) is 0 Å². The predicted molar refractivity (Wildman–Crippen MR) is 381 cm³/mol. The fourth-order valence-corrected chi connectivity index (χ4v) is 21.8. The van der Waals surface area contributed by atoms with Gasteiger partial charge in [0.25, 0.3) is 0 Å². The Kier molecular flexibility index (Phi) is 28.0. The van der Waals surface area contributed by atoms with Crippen molar-refractivity contribution in [3.63, 3.8) is 0 Å². The average molecular weight is 1690 g/mol. The number of aliphatic hydroxyl groups is 24. The Balaban J connectivity index is 0.704. The van der Waals surface area contributed by atoms with Crippen molar-refractivity contribution in [1.82, 2.24) is 0 Å². The Morgan fingerprint density at radius 3 is 1.50 bits per heavy atom. The normalized spacial score (nSPS) is 54.5. The summed E-state index contributed by atoms with van der Waals surface area (Å²) in [6, 6.07) is 0. The molecule has 8 heterocycles. The molecule has 0 bridgehead atoms. The fourth-order valence-electron chi connectivity index (χ4n) is 21.8. The van der Waals surface area contributed by atoms with Crippen LogP contribution < -0.4 is 0 Å². The first-order chi connectivity index (χ1) is 55.0. The van der Waals surface area contributed by atoms with E-state index in [4.69, 9.17) is 75.8 Å². The summed E-state index contributed by atoms with van der Waals surface area (Å²) in [6.45, 7) is 10.8. The molecule has 674 valence electrons. The molecule has 0 aromatic rings. The molecule has 8 saturated heterocycles. The maximum absolute atomic E-state index is 15.5. The number of esters is 1. The molecule has 0 radical (unpaired) electrons. The minimum atomic E-state index is -2.19. The summed E-state index contributed by atoms with van der Waals surface area (Å²) in [5.41, 5.74) is -3.62. The highest BCUT2D eigenvalue weighted by atomic mass is 16.8. The SMILES string of the molecule is C[C@@H]1O[C@@H](O[C@H]2[C@H](O)[C@@H](O)[C@H](OC[C@H]3O[C@@H](OC(=O)[C@]45CCC(C)(C)C[C@H]4C4=CC[C@@H]6[C@@]7(C)CC[C@H](O[C@@H]8OC[C@H](O)[C@H](O[C@@H]9O[C@H](CO)[C@@H](O[C@@H]%10O[C@H](CO)[C@H](O)[C@H](O[C@@H]%11OC[C@@H](O)[C@H](O)[C@H]%11O)[C@H]%10O)[C@H](O)[C@H]9O)[C@H]8O[C@@H]8O[C@H](CO)[C@@H](O)[C@H](O)[C@H]8O)C(C)(C)[C@@H]7CC[C@@]6(C)[C@]4(C)C[C@H]5O)[C@H](O)[C@@H](O)[C@@H]3O)O[C@@H]2CO)[C@H](O)[C@H](O)[C@H]1O. The van der Waals surface area contributed by atoms with Gasteiger partial charge in [-0.1, -0.05) is 60.1 Å². The minimum Gasteiger partial charge on any atom is -0.432 e. The van der Waals surface area contributed by atoms with Crippen LogP contribution in [-0.2, 0) is 80.6 Å². The molecule has 13 aliphatic rings. The van der Waals surface area contributed by atoms with Gasteiger partial charge in [0.05, 0.1) is 64.6 Å². The van der Waals surface area contributed by atoms with Crippen molar-refractivity contribution in [3.8, 4) is 0 Å². The topological polar surface area (TPSA) is 650 Å². The van der Waals surface area contributed by atoms with Crippen molar-refractivity contribution < 1.29 is 203 Å². The Labute approximate surface area is 673 Å². The minimum absolute atomic E-state index is 0.0714. The molecule has 41 heteroatoms. The van der Waals surface area contributed by atoms with Crippen LogP contribution in [0.1, 0.15) is 113 Å². The highest BCUT2D eigenvalue weighted by Crippen LogP contribution is 2.76. The second kappa shape index (κ2) is 35.5.